The van der Waals surface area contributed by atoms with Gasteiger partial charge in [0, 0.05) is 22.3 Å². The Kier molecular flexibility index (Phi) is 3.21. The Morgan fingerprint density at radius 3 is 3.00 bits per heavy atom. The smallest absolute Gasteiger partial charge is 0.0932 e. The van der Waals surface area contributed by atoms with E-state index < -0.39 is 0 Å². The van der Waals surface area contributed by atoms with E-state index in [0.717, 1.165) is 24.3 Å². The van der Waals surface area contributed by atoms with Gasteiger partial charge in [0.2, 0.25) is 0 Å². The van der Waals surface area contributed by atoms with Gasteiger partial charge in [-0.25, -0.2) is 0 Å². The standard InChI is InChI=1S/C11H16O2S/c1-8-4-5-10(14-8)11(12)9-3-2-6-13-7-9/h4-5,9,11-12H,2-3,6-7H2,1H3. The maximum atomic E-state index is 10.1. The molecule has 1 saturated heterocycles. The van der Waals surface area contributed by atoms with Gasteiger partial charge >= 0.3 is 0 Å². The molecule has 1 aliphatic rings. The number of aliphatic hydroxyl groups excluding tert-OH is 1. The van der Waals surface area contributed by atoms with E-state index in [1.54, 1.807) is 11.3 Å². The van der Waals surface area contributed by atoms with Crippen LogP contribution in [-0.4, -0.2) is 18.3 Å². The Morgan fingerprint density at radius 2 is 2.43 bits per heavy atom. The van der Waals surface area contributed by atoms with Crippen LogP contribution in [0.3, 0.4) is 0 Å². The van der Waals surface area contributed by atoms with Crippen molar-refractivity contribution in [2.75, 3.05) is 13.2 Å². The molecule has 1 aromatic heterocycles. The van der Waals surface area contributed by atoms with E-state index in [1.807, 2.05) is 6.07 Å². The van der Waals surface area contributed by atoms with Gasteiger partial charge in [-0.1, -0.05) is 0 Å². The highest BCUT2D eigenvalue weighted by Crippen LogP contribution is 2.32. The van der Waals surface area contributed by atoms with Gasteiger partial charge < -0.3 is 9.84 Å². The van der Waals surface area contributed by atoms with Crippen LogP contribution < -0.4 is 0 Å². The number of rotatable bonds is 2. The first-order valence-corrected chi connectivity index (χ1v) is 5.91. The topological polar surface area (TPSA) is 29.5 Å². The maximum Gasteiger partial charge on any atom is 0.0932 e. The van der Waals surface area contributed by atoms with Gasteiger partial charge in [-0.15, -0.1) is 11.3 Å². The van der Waals surface area contributed by atoms with Crippen LogP contribution in [0.25, 0.3) is 0 Å². The summed E-state index contributed by atoms with van der Waals surface area (Å²) in [4.78, 5) is 2.34. The lowest BCUT2D eigenvalue weighted by Crippen LogP contribution is -2.23. The number of aryl methyl sites for hydroxylation is 1. The van der Waals surface area contributed by atoms with Crippen molar-refractivity contribution in [2.45, 2.75) is 25.9 Å². The van der Waals surface area contributed by atoms with Crippen molar-refractivity contribution in [3.05, 3.63) is 21.9 Å². The van der Waals surface area contributed by atoms with Crippen LogP contribution in [0.5, 0.6) is 0 Å². The SMILES string of the molecule is Cc1ccc(C(O)C2CCCOC2)s1. The molecular weight excluding hydrogens is 196 g/mol. The molecule has 0 saturated carbocycles. The van der Waals surface area contributed by atoms with Crippen LogP contribution in [-0.2, 0) is 4.74 Å². The quantitative estimate of drug-likeness (QED) is 0.816. The number of thiophene rings is 1. The molecule has 2 atom stereocenters. The lowest BCUT2D eigenvalue weighted by Gasteiger charge is -2.25. The van der Waals surface area contributed by atoms with Gasteiger partial charge in [0.25, 0.3) is 0 Å². The molecule has 0 aromatic carbocycles. The van der Waals surface area contributed by atoms with Crippen LogP contribution in [0.2, 0.25) is 0 Å². The summed E-state index contributed by atoms with van der Waals surface area (Å²) in [6.07, 6.45) is 1.83. The van der Waals surface area contributed by atoms with Crippen LogP contribution in [0.15, 0.2) is 12.1 Å². The molecule has 1 fully saturated rings. The minimum absolute atomic E-state index is 0.293. The number of aliphatic hydroxyl groups is 1. The second kappa shape index (κ2) is 4.43. The molecule has 3 heteroatoms. The Balaban J connectivity index is 2.03. The first-order chi connectivity index (χ1) is 6.77. The fourth-order valence-corrected chi connectivity index (χ4v) is 2.82. The summed E-state index contributed by atoms with van der Waals surface area (Å²) in [6.45, 7) is 3.63. The van der Waals surface area contributed by atoms with Crippen molar-refractivity contribution in [3.63, 3.8) is 0 Å². The molecule has 2 rings (SSSR count). The molecule has 2 nitrogen and oxygen atoms in total. The Labute approximate surface area is 88.5 Å². The summed E-state index contributed by atoms with van der Waals surface area (Å²) < 4.78 is 5.38. The average molecular weight is 212 g/mol. The van der Waals surface area contributed by atoms with E-state index in [0.29, 0.717) is 12.5 Å². The highest BCUT2D eigenvalue weighted by atomic mass is 32.1. The molecule has 1 aromatic rings. The first kappa shape index (κ1) is 10.1. The van der Waals surface area contributed by atoms with Crippen molar-refractivity contribution in [2.24, 2.45) is 5.92 Å². The fraction of sp³-hybridized carbons (Fsp3) is 0.636. The lowest BCUT2D eigenvalue weighted by atomic mass is 9.95. The van der Waals surface area contributed by atoms with Gasteiger partial charge in [0.1, 0.15) is 0 Å². The van der Waals surface area contributed by atoms with E-state index in [2.05, 4.69) is 13.0 Å². The van der Waals surface area contributed by atoms with E-state index >= 15 is 0 Å². The van der Waals surface area contributed by atoms with Gasteiger partial charge in [-0.05, 0) is 31.9 Å². The fourth-order valence-electron chi connectivity index (χ4n) is 1.86. The second-order valence-corrected chi connectivity index (χ2v) is 5.19. The lowest BCUT2D eigenvalue weighted by molar-refractivity contribution is -0.00862. The Hall–Kier alpha value is -0.380. The van der Waals surface area contributed by atoms with Crippen LogP contribution >= 0.6 is 11.3 Å². The Bertz CT molecular complexity index is 289. The summed E-state index contributed by atoms with van der Waals surface area (Å²) >= 11 is 1.68. The summed E-state index contributed by atoms with van der Waals surface area (Å²) in [7, 11) is 0. The first-order valence-electron chi connectivity index (χ1n) is 5.09. The largest absolute Gasteiger partial charge is 0.387 e. The third-order valence-electron chi connectivity index (χ3n) is 2.69. The van der Waals surface area contributed by atoms with Crippen LogP contribution in [0.4, 0.5) is 0 Å². The van der Waals surface area contributed by atoms with Gasteiger partial charge in [0.05, 0.1) is 12.7 Å². The molecule has 2 unspecified atom stereocenters. The maximum absolute atomic E-state index is 10.1. The zero-order valence-corrected chi connectivity index (χ0v) is 9.22. The summed E-state index contributed by atoms with van der Waals surface area (Å²) in [5, 5.41) is 10.1. The highest BCUT2D eigenvalue weighted by molar-refractivity contribution is 7.12. The molecule has 2 heterocycles. The average Bonchev–Trinajstić information content (AvgIpc) is 2.65. The minimum atomic E-state index is -0.325. The van der Waals surface area contributed by atoms with E-state index in [1.165, 1.54) is 4.88 Å². The Morgan fingerprint density at radius 1 is 1.57 bits per heavy atom. The molecule has 1 N–H and O–H groups in total. The summed E-state index contributed by atoms with van der Waals surface area (Å²) in [6, 6.07) is 4.09. The van der Waals surface area contributed by atoms with Crippen molar-refractivity contribution >= 4 is 11.3 Å². The number of ether oxygens (including phenoxy) is 1. The molecule has 0 amide bonds. The predicted octanol–water partition coefficient (Wildman–Crippen LogP) is 2.52. The number of hydrogen-bond acceptors (Lipinski definition) is 3. The predicted molar refractivity (Wildman–Crippen MR) is 57.6 cm³/mol. The second-order valence-electron chi connectivity index (χ2n) is 3.87. The molecule has 0 bridgehead atoms. The molecule has 1 aliphatic heterocycles. The molecule has 0 spiro atoms. The van der Waals surface area contributed by atoms with Crippen molar-refractivity contribution in [3.8, 4) is 0 Å². The summed E-state index contributed by atoms with van der Waals surface area (Å²) in [5.74, 6) is 0.293. The normalized spacial score (nSPS) is 24.9. The van der Waals surface area contributed by atoms with E-state index in [4.69, 9.17) is 4.74 Å². The van der Waals surface area contributed by atoms with Crippen molar-refractivity contribution < 1.29 is 9.84 Å². The third kappa shape index (κ3) is 2.16. The van der Waals surface area contributed by atoms with Gasteiger partial charge in [-0.3, -0.25) is 0 Å². The summed E-state index contributed by atoms with van der Waals surface area (Å²) in [5.41, 5.74) is 0. The molecular formula is C11H16O2S. The van der Waals surface area contributed by atoms with Gasteiger partial charge in [0.15, 0.2) is 0 Å². The highest BCUT2D eigenvalue weighted by Gasteiger charge is 2.24. The van der Waals surface area contributed by atoms with Crippen molar-refractivity contribution in [1.82, 2.24) is 0 Å². The minimum Gasteiger partial charge on any atom is -0.387 e. The molecule has 0 radical (unpaired) electrons. The van der Waals surface area contributed by atoms with E-state index in [9.17, 15) is 5.11 Å². The van der Waals surface area contributed by atoms with E-state index in [-0.39, 0.29) is 6.10 Å². The van der Waals surface area contributed by atoms with Crippen LogP contribution in [0.1, 0.15) is 28.7 Å². The molecule has 78 valence electrons. The zero-order chi connectivity index (χ0) is 9.97. The van der Waals surface area contributed by atoms with Crippen molar-refractivity contribution in [1.29, 1.82) is 0 Å². The third-order valence-corrected chi connectivity index (χ3v) is 3.77. The zero-order valence-electron chi connectivity index (χ0n) is 8.40. The monoisotopic (exact) mass is 212 g/mol. The molecule has 14 heavy (non-hydrogen) atoms. The number of hydrogen-bond donors (Lipinski definition) is 1. The van der Waals surface area contributed by atoms with Gasteiger partial charge in [-0.2, -0.15) is 0 Å². The molecule has 0 aliphatic carbocycles. The van der Waals surface area contributed by atoms with Crippen LogP contribution in [0, 0.1) is 12.8 Å².